The van der Waals surface area contributed by atoms with Gasteiger partial charge in [0.05, 0.1) is 18.5 Å². The van der Waals surface area contributed by atoms with Crippen molar-refractivity contribution in [2.75, 3.05) is 7.11 Å². The molecule has 1 aromatic carbocycles. The lowest BCUT2D eigenvalue weighted by Crippen LogP contribution is -2.05. The second-order valence-electron chi connectivity index (χ2n) is 3.62. The molecule has 0 saturated heterocycles. The minimum Gasteiger partial charge on any atom is -0.464 e. The molecule has 2 rings (SSSR count). The van der Waals surface area contributed by atoms with Crippen molar-refractivity contribution in [2.45, 2.75) is 6.92 Å². The first-order chi connectivity index (χ1) is 8.67. The maximum absolute atomic E-state index is 11.4. The highest BCUT2D eigenvalue weighted by atomic mass is 16.5. The third kappa shape index (κ3) is 1.96. The van der Waals surface area contributed by atoms with Crippen molar-refractivity contribution >= 4 is 5.97 Å². The van der Waals surface area contributed by atoms with Gasteiger partial charge in [-0.1, -0.05) is 17.2 Å². The van der Waals surface area contributed by atoms with Crippen molar-refractivity contribution < 1.29 is 9.53 Å². The van der Waals surface area contributed by atoms with E-state index in [4.69, 9.17) is 6.42 Å². The first kappa shape index (κ1) is 11.9. The summed E-state index contributed by atoms with van der Waals surface area (Å²) in [5.41, 5.74) is 2.30. The average Bonchev–Trinajstić information content (AvgIpc) is 2.80. The predicted octanol–water partition coefficient (Wildman–Crippen LogP) is 1.34. The summed E-state index contributed by atoms with van der Waals surface area (Å²) in [6.45, 7) is 1.74. The maximum atomic E-state index is 11.4. The van der Waals surface area contributed by atoms with Crippen LogP contribution in [0.5, 0.6) is 0 Å². The third-order valence-electron chi connectivity index (χ3n) is 2.53. The SMILES string of the molecule is C#Cc1cccc(-n2nnc(C(=O)OC)c2C)c1. The number of ether oxygens (including phenoxy) is 1. The summed E-state index contributed by atoms with van der Waals surface area (Å²) >= 11 is 0. The zero-order valence-electron chi connectivity index (χ0n) is 10.0. The standard InChI is InChI=1S/C13H11N3O2/c1-4-10-6-5-7-11(8-10)16-9(2)12(14-15-16)13(17)18-3/h1,5-8H,2-3H3. The summed E-state index contributed by atoms with van der Waals surface area (Å²) < 4.78 is 6.17. The fourth-order valence-corrected chi connectivity index (χ4v) is 1.59. The van der Waals surface area contributed by atoms with Crippen LogP contribution >= 0.6 is 0 Å². The number of terminal acetylenes is 1. The van der Waals surface area contributed by atoms with E-state index in [1.807, 2.05) is 18.2 Å². The van der Waals surface area contributed by atoms with Gasteiger partial charge < -0.3 is 4.74 Å². The second-order valence-corrected chi connectivity index (χ2v) is 3.62. The minimum absolute atomic E-state index is 0.198. The number of hydrogen-bond acceptors (Lipinski definition) is 4. The minimum atomic E-state index is -0.508. The molecule has 0 fully saturated rings. The molecule has 0 bridgehead atoms. The van der Waals surface area contributed by atoms with E-state index >= 15 is 0 Å². The summed E-state index contributed by atoms with van der Waals surface area (Å²) in [5.74, 6) is 2.04. The number of hydrogen-bond donors (Lipinski definition) is 0. The largest absolute Gasteiger partial charge is 0.464 e. The first-order valence-electron chi connectivity index (χ1n) is 5.25. The molecule has 5 nitrogen and oxygen atoms in total. The van der Waals surface area contributed by atoms with Gasteiger partial charge in [0.1, 0.15) is 0 Å². The Morgan fingerprint density at radius 3 is 2.94 bits per heavy atom. The van der Waals surface area contributed by atoms with Crippen LogP contribution in [0.3, 0.4) is 0 Å². The molecule has 5 heteroatoms. The van der Waals surface area contributed by atoms with Crippen LogP contribution in [0.25, 0.3) is 5.69 Å². The number of carbonyl (C=O) groups is 1. The highest BCUT2D eigenvalue weighted by molar-refractivity contribution is 5.88. The van der Waals surface area contributed by atoms with Gasteiger partial charge in [-0.2, -0.15) is 0 Å². The van der Waals surface area contributed by atoms with Crippen molar-refractivity contribution in [3.63, 3.8) is 0 Å². The van der Waals surface area contributed by atoms with Gasteiger partial charge in [-0.15, -0.1) is 11.5 Å². The molecule has 2 aromatic rings. The zero-order chi connectivity index (χ0) is 13.1. The van der Waals surface area contributed by atoms with E-state index < -0.39 is 5.97 Å². The smallest absolute Gasteiger partial charge is 0.360 e. The molecule has 0 radical (unpaired) electrons. The number of aromatic nitrogens is 3. The van der Waals surface area contributed by atoms with Gasteiger partial charge in [-0.25, -0.2) is 9.48 Å². The monoisotopic (exact) mass is 241 g/mol. The van der Waals surface area contributed by atoms with Crippen molar-refractivity contribution in [3.8, 4) is 18.0 Å². The van der Waals surface area contributed by atoms with Crippen LogP contribution in [0.2, 0.25) is 0 Å². The van der Waals surface area contributed by atoms with Gasteiger partial charge in [0.15, 0.2) is 5.69 Å². The van der Waals surface area contributed by atoms with Crippen molar-refractivity contribution in [1.82, 2.24) is 15.0 Å². The van der Waals surface area contributed by atoms with Gasteiger partial charge in [0.2, 0.25) is 0 Å². The molecule has 0 aliphatic carbocycles. The van der Waals surface area contributed by atoms with Crippen LogP contribution in [0.1, 0.15) is 21.7 Å². The number of benzene rings is 1. The van der Waals surface area contributed by atoms with Crippen LogP contribution in [0, 0.1) is 19.3 Å². The van der Waals surface area contributed by atoms with Crippen LogP contribution in [0.15, 0.2) is 24.3 Å². The Bertz CT molecular complexity index is 638. The lowest BCUT2D eigenvalue weighted by Gasteiger charge is -2.03. The molecule has 0 aliphatic rings. The van der Waals surface area contributed by atoms with E-state index in [0.29, 0.717) is 5.69 Å². The van der Waals surface area contributed by atoms with Crippen LogP contribution in [-0.2, 0) is 4.74 Å². The molecular weight excluding hydrogens is 230 g/mol. The second kappa shape index (κ2) is 4.72. The molecule has 1 heterocycles. The molecule has 0 saturated carbocycles. The Morgan fingerprint density at radius 2 is 2.28 bits per heavy atom. The maximum Gasteiger partial charge on any atom is 0.360 e. The lowest BCUT2D eigenvalue weighted by atomic mass is 10.2. The molecule has 18 heavy (non-hydrogen) atoms. The van der Waals surface area contributed by atoms with Gasteiger partial charge in [0, 0.05) is 5.56 Å². The number of esters is 1. The Labute approximate surface area is 104 Å². The van der Waals surface area contributed by atoms with E-state index in [1.165, 1.54) is 7.11 Å². The molecule has 0 amide bonds. The van der Waals surface area contributed by atoms with E-state index in [-0.39, 0.29) is 5.69 Å². The van der Waals surface area contributed by atoms with Crippen LogP contribution in [-0.4, -0.2) is 28.1 Å². The fourth-order valence-electron chi connectivity index (χ4n) is 1.59. The first-order valence-corrected chi connectivity index (χ1v) is 5.25. The quantitative estimate of drug-likeness (QED) is 0.588. The van der Waals surface area contributed by atoms with Gasteiger partial charge >= 0.3 is 5.97 Å². The summed E-state index contributed by atoms with van der Waals surface area (Å²) in [7, 11) is 1.31. The van der Waals surface area contributed by atoms with Crippen LogP contribution < -0.4 is 0 Å². The number of carbonyl (C=O) groups excluding carboxylic acids is 1. The van der Waals surface area contributed by atoms with E-state index in [1.54, 1.807) is 17.7 Å². The van der Waals surface area contributed by atoms with E-state index in [2.05, 4.69) is 21.0 Å². The third-order valence-corrected chi connectivity index (χ3v) is 2.53. The lowest BCUT2D eigenvalue weighted by molar-refractivity contribution is 0.0593. The molecule has 0 atom stereocenters. The van der Waals surface area contributed by atoms with E-state index in [0.717, 1.165) is 11.3 Å². The summed E-state index contributed by atoms with van der Waals surface area (Å²) in [4.78, 5) is 11.4. The Balaban J connectivity index is 2.49. The average molecular weight is 241 g/mol. The number of methoxy groups -OCH3 is 1. The summed E-state index contributed by atoms with van der Waals surface area (Å²) in [6.07, 6.45) is 5.34. The molecule has 0 N–H and O–H groups in total. The van der Waals surface area contributed by atoms with Crippen molar-refractivity contribution in [2.24, 2.45) is 0 Å². The van der Waals surface area contributed by atoms with Gasteiger partial charge in [-0.3, -0.25) is 0 Å². The zero-order valence-corrected chi connectivity index (χ0v) is 10.0. The molecule has 0 unspecified atom stereocenters. The number of nitrogens with zero attached hydrogens (tertiary/aromatic N) is 3. The summed E-state index contributed by atoms with van der Waals surface area (Å²) in [5, 5.41) is 7.73. The Morgan fingerprint density at radius 1 is 1.50 bits per heavy atom. The van der Waals surface area contributed by atoms with Crippen LogP contribution in [0.4, 0.5) is 0 Å². The Hall–Kier alpha value is -2.61. The van der Waals surface area contributed by atoms with Crippen molar-refractivity contribution in [3.05, 3.63) is 41.2 Å². The normalized spacial score (nSPS) is 9.83. The molecule has 0 aliphatic heterocycles. The molecule has 90 valence electrons. The van der Waals surface area contributed by atoms with Gasteiger partial charge in [0.25, 0.3) is 0 Å². The van der Waals surface area contributed by atoms with Gasteiger partial charge in [-0.05, 0) is 25.1 Å². The molecule has 1 aromatic heterocycles. The predicted molar refractivity (Wildman–Crippen MR) is 65.4 cm³/mol. The van der Waals surface area contributed by atoms with E-state index in [9.17, 15) is 4.79 Å². The highest BCUT2D eigenvalue weighted by Gasteiger charge is 2.17. The fraction of sp³-hybridized carbons (Fsp3) is 0.154. The number of rotatable bonds is 2. The summed E-state index contributed by atoms with van der Waals surface area (Å²) in [6, 6.07) is 7.27. The van der Waals surface area contributed by atoms with Crippen molar-refractivity contribution in [1.29, 1.82) is 0 Å². The molecule has 0 spiro atoms. The highest BCUT2D eigenvalue weighted by Crippen LogP contribution is 2.14. The topological polar surface area (TPSA) is 57.0 Å². The Kier molecular flexibility index (Phi) is 3.11. The molecular formula is C13H11N3O2.